The maximum atomic E-state index is 3.65. The van der Waals surface area contributed by atoms with Crippen LogP contribution in [0.3, 0.4) is 0 Å². The van der Waals surface area contributed by atoms with Crippen molar-refractivity contribution in [2.24, 2.45) is 0 Å². The first-order valence-corrected chi connectivity index (χ1v) is 6.58. The van der Waals surface area contributed by atoms with Crippen molar-refractivity contribution in [2.45, 2.75) is 78.2 Å². The Morgan fingerprint density at radius 3 is 2.14 bits per heavy atom. The monoisotopic (exact) mass is 199 g/mol. The topological polar surface area (TPSA) is 12.0 Å². The van der Waals surface area contributed by atoms with E-state index in [1.54, 1.807) is 0 Å². The van der Waals surface area contributed by atoms with E-state index in [0.717, 1.165) is 6.04 Å². The van der Waals surface area contributed by atoms with Gasteiger partial charge in [0.05, 0.1) is 0 Å². The average molecular weight is 199 g/mol. The SMILES string of the molecule is CCCCCCCNC(CC)CCC. The number of rotatable bonds is 10. The van der Waals surface area contributed by atoms with Crippen LogP contribution < -0.4 is 5.32 Å². The van der Waals surface area contributed by atoms with Gasteiger partial charge in [0.2, 0.25) is 0 Å². The summed E-state index contributed by atoms with van der Waals surface area (Å²) < 4.78 is 0. The Hall–Kier alpha value is -0.0400. The van der Waals surface area contributed by atoms with Crippen LogP contribution in [-0.4, -0.2) is 12.6 Å². The fourth-order valence-electron chi connectivity index (χ4n) is 1.83. The number of hydrogen-bond acceptors (Lipinski definition) is 1. The van der Waals surface area contributed by atoms with Gasteiger partial charge in [0, 0.05) is 6.04 Å². The molecule has 0 aliphatic carbocycles. The lowest BCUT2D eigenvalue weighted by Crippen LogP contribution is -2.29. The molecule has 0 aliphatic rings. The summed E-state index contributed by atoms with van der Waals surface area (Å²) in [5, 5.41) is 3.65. The van der Waals surface area contributed by atoms with E-state index < -0.39 is 0 Å². The highest BCUT2D eigenvalue weighted by atomic mass is 14.9. The highest BCUT2D eigenvalue weighted by Crippen LogP contribution is 2.04. The lowest BCUT2D eigenvalue weighted by atomic mass is 10.1. The fraction of sp³-hybridized carbons (Fsp3) is 1.00. The number of nitrogens with one attached hydrogen (secondary N) is 1. The Balaban J connectivity index is 3.15. The third kappa shape index (κ3) is 8.55. The van der Waals surface area contributed by atoms with Crippen LogP contribution >= 0.6 is 0 Å². The van der Waals surface area contributed by atoms with Gasteiger partial charge >= 0.3 is 0 Å². The van der Waals surface area contributed by atoms with Crippen molar-refractivity contribution in [1.29, 1.82) is 0 Å². The molecular formula is C13H29N. The van der Waals surface area contributed by atoms with Crippen LogP contribution in [0.2, 0.25) is 0 Å². The van der Waals surface area contributed by atoms with Gasteiger partial charge in [-0.2, -0.15) is 0 Å². The Morgan fingerprint density at radius 2 is 1.57 bits per heavy atom. The van der Waals surface area contributed by atoms with Crippen molar-refractivity contribution in [3.63, 3.8) is 0 Å². The molecule has 1 heteroatoms. The van der Waals surface area contributed by atoms with Crippen molar-refractivity contribution in [3.8, 4) is 0 Å². The van der Waals surface area contributed by atoms with Gasteiger partial charge in [0.1, 0.15) is 0 Å². The van der Waals surface area contributed by atoms with Gasteiger partial charge in [0.15, 0.2) is 0 Å². The van der Waals surface area contributed by atoms with Gasteiger partial charge in [-0.25, -0.2) is 0 Å². The summed E-state index contributed by atoms with van der Waals surface area (Å²) in [5.41, 5.74) is 0. The molecule has 86 valence electrons. The first-order chi connectivity index (χ1) is 6.85. The van der Waals surface area contributed by atoms with Crippen LogP contribution in [0.25, 0.3) is 0 Å². The van der Waals surface area contributed by atoms with Crippen LogP contribution in [0.15, 0.2) is 0 Å². The maximum absolute atomic E-state index is 3.65. The Kier molecular flexibility index (Phi) is 11.0. The minimum absolute atomic E-state index is 0.770. The van der Waals surface area contributed by atoms with Crippen LogP contribution in [0.4, 0.5) is 0 Å². The summed E-state index contributed by atoms with van der Waals surface area (Å²) >= 11 is 0. The molecule has 0 aliphatic heterocycles. The zero-order chi connectivity index (χ0) is 10.6. The second-order valence-corrected chi connectivity index (χ2v) is 4.26. The Labute approximate surface area is 90.7 Å². The zero-order valence-electron chi connectivity index (χ0n) is 10.4. The molecule has 14 heavy (non-hydrogen) atoms. The fourth-order valence-corrected chi connectivity index (χ4v) is 1.83. The van der Waals surface area contributed by atoms with Crippen molar-refractivity contribution in [3.05, 3.63) is 0 Å². The molecule has 1 N–H and O–H groups in total. The van der Waals surface area contributed by atoms with Crippen LogP contribution in [0.1, 0.15) is 72.1 Å². The minimum atomic E-state index is 0.770. The second kappa shape index (κ2) is 11.0. The Bertz CT molecular complexity index is 101. The summed E-state index contributed by atoms with van der Waals surface area (Å²) in [4.78, 5) is 0. The van der Waals surface area contributed by atoms with Crippen LogP contribution in [-0.2, 0) is 0 Å². The van der Waals surface area contributed by atoms with Crippen LogP contribution in [0, 0.1) is 0 Å². The average Bonchev–Trinajstić information content (AvgIpc) is 2.21. The molecule has 0 saturated carbocycles. The van der Waals surface area contributed by atoms with Crippen molar-refractivity contribution in [1.82, 2.24) is 5.32 Å². The molecule has 1 atom stereocenters. The van der Waals surface area contributed by atoms with Gasteiger partial charge < -0.3 is 5.32 Å². The first kappa shape index (κ1) is 14.0. The maximum Gasteiger partial charge on any atom is 0.00643 e. The van der Waals surface area contributed by atoms with E-state index in [-0.39, 0.29) is 0 Å². The highest BCUT2D eigenvalue weighted by molar-refractivity contribution is 4.63. The molecule has 0 rings (SSSR count). The predicted molar refractivity (Wildman–Crippen MR) is 65.7 cm³/mol. The third-order valence-electron chi connectivity index (χ3n) is 2.84. The summed E-state index contributed by atoms with van der Waals surface area (Å²) in [7, 11) is 0. The molecule has 0 spiro atoms. The summed E-state index contributed by atoms with van der Waals surface area (Å²) in [5.74, 6) is 0. The molecule has 1 nitrogen and oxygen atoms in total. The smallest absolute Gasteiger partial charge is 0.00643 e. The molecule has 0 bridgehead atoms. The minimum Gasteiger partial charge on any atom is -0.314 e. The number of hydrogen-bond donors (Lipinski definition) is 1. The highest BCUT2D eigenvalue weighted by Gasteiger charge is 2.02. The third-order valence-corrected chi connectivity index (χ3v) is 2.84. The second-order valence-electron chi connectivity index (χ2n) is 4.26. The molecular weight excluding hydrogens is 170 g/mol. The largest absolute Gasteiger partial charge is 0.314 e. The van der Waals surface area contributed by atoms with E-state index in [4.69, 9.17) is 0 Å². The molecule has 0 heterocycles. The van der Waals surface area contributed by atoms with E-state index >= 15 is 0 Å². The number of unbranched alkanes of at least 4 members (excludes halogenated alkanes) is 4. The molecule has 0 fully saturated rings. The van der Waals surface area contributed by atoms with Gasteiger partial charge in [-0.1, -0.05) is 52.9 Å². The first-order valence-electron chi connectivity index (χ1n) is 6.58. The van der Waals surface area contributed by atoms with E-state index in [0.29, 0.717) is 0 Å². The quantitative estimate of drug-likeness (QED) is 0.522. The summed E-state index contributed by atoms with van der Waals surface area (Å²) in [6.07, 6.45) is 10.9. The summed E-state index contributed by atoms with van der Waals surface area (Å²) in [6, 6.07) is 0.770. The molecule has 1 unspecified atom stereocenters. The lowest BCUT2D eigenvalue weighted by Gasteiger charge is -2.15. The molecule has 0 aromatic rings. The lowest BCUT2D eigenvalue weighted by molar-refractivity contribution is 0.451. The molecule has 0 aromatic heterocycles. The van der Waals surface area contributed by atoms with Crippen molar-refractivity contribution >= 4 is 0 Å². The normalized spacial score (nSPS) is 13.1. The van der Waals surface area contributed by atoms with Gasteiger partial charge in [0.25, 0.3) is 0 Å². The summed E-state index contributed by atoms with van der Waals surface area (Å²) in [6.45, 7) is 8.05. The van der Waals surface area contributed by atoms with E-state index in [1.807, 2.05) is 0 Å². The Morgan fingerprint density at radius 1 is 0.857 bits per heavy atom. The van der Waals surface area contributed by atoms with Gasteiger partial charge in [-0.05, 0) is 25.8 Å². The van der Waals surface area contributed by atoms with Gasteiger partial charge in [-0.3, -0.25) is 0 Å². The molecule has 0 radical (unpaired) electrons. The van der Waals surface area contributed by atoms with Crippen LogP contribution in [0.5, 0.6) is 0 Å². The van der Waals surface area contributed by atoms with Crippen molar-refractivity contribution < 1.29 is 0 Å². The predicted octanol–water partition coefficient (Wildman–Crippen LogP) is 4.13. The molecule has 0 amide bonds. The van der Waals surface area contributed by atoms with Crippen molar-refractivity contribution in [2.75, 3.05) is 6.54 Å². The molecule has 0 saturated heterocycles. The van der Waals surface area contributed by atoms with E-state index in [2.05, 4.69) is 26.1 Å². The van der Waals surface area contributed by atoms with E-state index in [9.17, 15) is 0 Å². The zero-order valence-corrected chi connectivity index (χ0v) is 10.4. The standard InChI is InChI=1S/C13H29N/c1-4-7-8-9-10-12-14-13(6-3)11-5-2/h13-14H,4-12H2,1-3H3. The molecule has 0 aromatic carbocycles. The van der Waals surface area contributed by atoms with E-state index in [1.165, 1.54) is 57.9 Å². The van der Waals surface area contributed by atoms with Gasteiger partial charge in [-0.15, -0.1) is 0 Å².